The topological polar surface area (TPSA) is 102 Å². The number of hydrazine groups is 1. The summed E-state index contributed by atoms with van der Waals surface area (Å²) in [5.74, 6) is 5.72. The number of hydrogen-bond donors (Lipinski definition) is 1. The van der Waals surface area contributed by atoms with Crippen molar-refractivity contribution in [1.82, 2.24) is 4.41 Å². The lowest BCUT2D eigenvalue weighted by Gasteiger charge is -2.42. The van der Waals surface area contributed by atoms with Crippen LogP contribution in [0.1, 0.15) is 35.7 Å². The van der Waals surface area contributed by atoms with Gasteiger partial charge in [0.05, 0.1) is 23.7 Å². The first-order valence-electron chi connectivity index (χ1n) is 10.7. The van der Waals surface area contributed by atoms with Gasteiger partial charge in [0.1, 0.15) is 0 Å². The molecule has 0 bridgehead atoms. The number of rotatable bonds is 8. The lowest BCUT2D eigenvalue weighted by molar-refractivity contribution is 0.0453. The Hall–Kier alpha value is -2.46. The summed E-state index contributed by atoms with van der Waals surface area (Å²) in [5, 5.41) is 0. The van der Waals surface area contributed by atoms with E-state index in [2.05, 4.69) is 4.90 Å². The predicted octanol–water partition coefficient (Wildman–Crippen LogP) is 2.72. The summed E-state index contributed by atoms with van der Waals surface area (Å²) in [6, 6.07) is 13.7. The second kappa shape index (κ2) is 10.4. The van der Waals surface area contributed by atoms with Crippen LogP contribution in [-0.2, 0) is 19.5 Å². The van der Waals surface area contributed by atoms with Gasteiger partial charge in [0.2, 0.25) is 0 Å². The number of methoxy groups -OCH3 is 1. The molecule has 9 heteroatoms. The van der Waals surface area contributed by atoms with Gasteiger partial charge in [-0.1, -0.05) is 18.2 Å². The summed E-state index contributed by atoms with van der Waals surface area (Å²) in [5.41, 5.74) is 1.97. The molecule has 2 aromatic carbocycles. The van der Waals surface area contributed by atoms with Crippen molar-refractivity contribution in [3.8, 4) is 0 Å². The number of carbonyl (C=O) groups is 1. The standard InChI is InChI=1S/C23H31N3O5S/c1-4-31-21-14-13-20(15-26(24)32(28,29)22-8-6-5-7-17(22)2)25(16-21)19-11-9-18(10-12-19)23(27)30-3/h5-12,20-21H,4,13-16,24H2,1-3H3. The number of nitrogens with two attached hydrogens (primary N) is 1. The Balaban J connectivity index is 1.84. The van der Waals surface area contributed by atoms with Crippen LogP contribution in [0.3, 0.4) is 0 Å². The van der Waals surface area contributed by atoms with Gasteiger partial charge in [-0.25, -0.2) is 13.2 Å². The lowest BCUT2D eigenvalue weighted by atomic mass is 9.98. The van der Waals surface area contributed by atoms with Gasteiger partial charge in [0, 0.05) is 31.4 Å². The van der Waals surface area contributed by atoms with Crippen LogP contribution in [0.2, 0.25) is 0 Å². The molecule has 3 rings (SSSR count). The van der Waals surface area contributed by atoms with Crippen molar-refractivity contribution in [2.45, 2.75) is 43.7 Å². The van der Waals surface area contributed by atoms with Gasteiger partial charge < -0.3 is 14.4 Å². The summed E-state index contributed by atoms with van der Waals surface area (Å²) < 4.78 is 37.7. The molecular formula is C23H31N3O5S. The molecule has 0 spiro atoms. The van der Waals surface area contributed by atoms with Gasteiger partial charge in [0.25, 0.3) is 10.0 Å². The van der Waals surface area contributed by atoms with Crippen LogP contribution < -0.4 is 10.7 Å². The largest absolute Gasteiger partial charge is 0.465 e. The van der Waals surface area contributed by atoms with Crippen molar-refractivity contribution in [3.05, 3.63) is 59.7 Å². The Bertz CT molecular complexity index is 1030. The molecule has 2 N–H and O–H groups in total. The Labute approximate surface area is 189 Å². The zero-order valence-corrected chi connectivity index (χ0v) is 19.5. The molecule has 2 aromatic rings. The highest BCUT2D eigenvalue weighted by Gasteiger charge is 2.33. The van der Waals surface area contributed by atoms with Crippen molar-refractivity contribution < 1.29 is 22.7 Å². The minimum absolute atomic E-state index is 0.0377. The van der Waals surface area contributed by atoms with Crippen LogP contribution in [0.4, 0.5) is 5.69 Å². The molecule has 0 aliphatic carbocycles. The normalized spacial score (nSPS) is 19.2. The number of carbonyl (C=O) groups excluding carboxylic acids is 1. The number of aryl methyl sites for hydroxylation is 1. The number of anilines is 1. The summed E-state index contributed by atoms with van der Waals surface area (Å²) >= 11 is 0. The number of nitrogens with zero attached hydrogens (tertiary/aromatic N) is 2. The fraction of sp³-hybridized carbons (Fsp3) is 0.435. The van der Waals surface area contributed by atoms with Crippen molar-refractivity contribution >= 4 is 21.7 Å². The minimum atomic E-state index is -3.83. The van der Waals surface area contributed by atoms with E-state index in [1.165, 1.54) is 7.11 Å². The number of esters is 1. The molecule has 2 unspecified atom stereocenters. The highest BCUT2D eigenvalue weighted by atomic mass is 32.2. The predicted molar refractivity (Wildman–Crippen MR) is 123 cm³/mol. The summed E-state index contributed by atoms with van der Waals surface area (Å²) in [6.45, 7) is 5.05. The van der Waals surface area contributed by atoms with Crippen LogP contribution in [0.25, 0.3) is 0 Å². The Morgan fingerprint density at radius 1 is 1.16 bits per heavy atom. The Morgan fingerprint density at radius 3 is 2.47 bits per heavy atom. The van der Waals surface area contributed by atoms with E-state index in [9.17, 15) is 13.2 Å². The summed E-state index contributed by atoms with van der Waals surface area (Å²) in [7, 11) is -2.49. The second-order valence-corrected chi connectivity index (χ2v) is 9.70. The number of sulfonamides is 1. The number of benzene rings is 2. The van der Waals surface area contributed by atoms with E-state index in [0.717, 1.165) is 22.9 Å². The van der Waals surface area contributed by atoms with Gasteiger partial charge in [-0.3, -0.25) is 5.84 Å². The van der Waals surface area contributed by atoms with Gasteiger partial charge in [-0.15, -0.1) is 4.41 Å². The van der Waals surface area contributed by atoms with E-state index in [-0.39, 0.29) is 23.6 Å². The molecule has 2 atom stereocenters. The van der Waals surface area contributed by atoms with Crippen LogP contribution >= 0.6 is 0 Å². The highest BCUT2D eigenvalue weighted by molar-refractivity contribution is 7.89. The average Bonchev–Trinajstić information content (AvgIpc) is 2.80. The van der Waals surface area contributed by atoms with E-state index >= 15 is 0 Å². The number of piperidine rings is 1. The molecule has 0 saturated carbocycles. The first-order chi connectivity index (χ1) is 15.3. The van der Waals surface area contributed by atoms with E-state index in [1.54, 1.807) is 43.3 Å². The van der Waals surface area contributed by atoms with Crippen LogP contribution in [0, 0.1) is 6.92 Å². The maximum absolute atomic E-state index is 13.1. The lowest BCUT2D eigenvalue weighted by Crippen LogP contribution is -2.54. The van der Waals surface area contributed by atoms with Crippen molar-refractivity contribution in [2.24, 2.45) is 5.84 Å². The first kappa shape index (κ1) is 24.2. The van der Waals surface area contributed by atoms with E-state index in [0.29, 0.717) is 24.3 Å². The molecular weight excluding hydrogens is 430 g/mol. The number of ether oxygens (including phenoxy) is 2. The van der Waals surface area contributed by atoms with Crippen LogP contribution in [0.15, 0.2) is 53.4 Å². The van der Waals surface area contributed by atoms with Gasteiger partial charge in [0.15, 0.2) is 0 Å². The van der Waals surface area contributed by atoms with Gasteiger partial charge >= 0.3 is 5.97 Å². The molecule has 0 aromatic heterocycles. The molecule has 1 saturated heterocycles. The zero-order valence-electron chi connectivity index (χ0n) is 18.7. The molecule has 174 valence electrons. The number of hydrogen-bond acceptors (Lipinski definition) is 7. The van der Waals surface area contributed by atoms with Crippen molar-refractivity contribution in [1.29, 1.82) is 0 Å². The first-order valence-corrected chi connectivity index (χ1v) is 12.1. The second-order valence-electron chi connectivity index (χ2n) is 7.84. The van der Waals surface area contributed by atoms with E-state index in [4.69, 9.17) is 15.3 Å². The van der Waals surface area contributed by atoms with Crippen LogP contribution in [0.5, 0.6) is 0 Å². The third-order valence-corrected chi connectivity index (χ3v) is 7.54. The minimum Gasteiger partial charge on any atom is -0.465 e. The Kier molecular flexibility index (Phi) is 7.89. The molecule has 1 fully saturated rings. The quantitative estimate of drug-likeness (QED) is 0.366. The monoisotopic (exact) mass is 461 g/mol. The molecule has 0 radical (unpaired) electrons. The molecule has 1 heterocycles. The molecule has 1 aliphatic heterocycles. The maximum Gasteiger partial charge on any atom is 0.337 e. The van der Waals surface area contributed by atoms with Gasteiger partial charge in [-0.2, -0.15) is 0 Å². The maximum atomic E-state index is 13.1. The average molecular weight is 462 g/mol. The van der Waals surface area contributed by atoms with Crippen LogP contribution in [-0.4, -0.2) is 57.8 Å². The summed E-state index contributed by atoms with van der Waals surface area (Å²) in [6.07, 6.45) is 1.57. The molecule has 8 nitrogen and oxygen atoms in total. The third-order valence-electron chi connectivity index (χ3n) is 5.76. The molecule has 0 amide bonds. The summed E-state index contributed by atoms with van der Waals surface area (Å²) in [4.78, 5) is 14.1. The fourth-order valence-corrected chi connectivity index (χ4v) is 5.40. The fourth-order valence-electron chi connectivity index (χ4n) is 4.06. The third kappa shape index (κ3) is 5.29. The molecule has 32 heavy (non-hydrogen) atoms. The van der Waals surface area contributed by atoms with Gasteiger partial charge in [-0.05, 0) is 62.6 Å². The van der Waals surface area contributed by atoms with E-state index < -0.39 is 16.0 Å². The Morgan fingerprint density at radius 2 is 1.84 bits per heavy atom. The highest BCUT2D eigenvalue weighted by Crippen LogP contribution is 2.28. The van der Waals surface area contributed by atoms with Crippen molar-refractivity contribution in [3.63, 3.8) is 0 Å². The SMILES string of the molecule is CCOC1CCC(CN(N)S(=O)(=O)c2ccccc2C)N(c2ccc(C(=O)OC)cc2)C1. The van der Waals surface area contributed by atoms with Crippen molar-refractivity contribution in [2.75, 3.05) is 31.7 Å². The molecule has 1 aliphatic rings. The zero-order chi connectivity index (χ0) is 23.3. The van der Waals surface area contributed by atoms with E-state index in [1.807, 2.05) is 19.1 Å². The smallest absolute Gasteiger partial charge is 0.337 e.